The highest BCUT2D eigenvalue weighted by atomic mass is 32.2. The highest BCUT2D eigenvalue weighted by molar-refractivity contribution is 7.91. The lowest BCUT2D eigenvalue weighted by Gasteiger charge is -2.32. The van der Waals surface area contributed by atoms with Gasteiger partial charge in [0.2, 0.25) is 21.8 Å². The predicted octanol–water partition coefficient (Wildman–Crippen LogP) is 0.0799. The van der Waals surface area contributed by atoms with Crippen LogP contribution >= 0.6 is 0 Å². The Morgan fingerprint density at radius 2 is 1.95 bits per heavy atom. The minimum absolute atomic E-state index is 0.0927. The number of fused-ring (bicyclic) bond motifs is 2. The maximum Gasteiger partial charge on any atom is 0.408 e. The summed E-state index contributed by atoms with van der Waals surface area (Å²) in [4.78, 5) is 54.3. The number of alkyl carbamates (subject to hydrolysis) is 1. The van der Waals surface area contributed by atoms with Gasteiger partial charge in [-0.15, -0.1) is 0 Å². The quantitative estimate of drug-likeness (QED) is 0.333. The summed E-state index contributed by atoms with van der Waals surface area (Å²) >= 11 is 0. The van der Waals surface area contributed by atoms with Crippen LogP contribution in [0.15, 0.2) is 12.2 Å². The number of carbonyl (C=O) groups excluding carboxylic acids is 4. The van der Waals surface area contributed by atoms with Crippen LogP contribution in [0, 0.1) is 5.92 Å². The lowest BCUT2D eigenvalue weighted by molar-refractivity contribution is -0.143. The molecule has 4 N–H and O–H groups in total. The lowest BCUT2D eigenvalue weighted by atomic mass is 10.1. The van der Waals surface area contributed by atoms with Gasteiger partial charge in [0.15, 0.2) is 0 Å². The molecule has 6 atom stereocenters. The van der Waals surface area contributed by atoms with Gasteiger partial charge in [-0.1, -0.05) is 12.2 Å². The topological polar surface area (TPSA) is 180 Å². The van der Waals surface area contributed by atoms with Crippen LogP contribution in [-0.4, -0.2) is 96.1 Å². The van der Waals surface area contributed by atoms with E-state index >= 15 is 0 Å². The second-order valence-corrected chi connectivity index (χ2v) is 14.1. The van der Waals surface area contributed by atoms with E-state index in [1.165, 1.54) is 4.90 Å². The first-order chi connectivity index (χ1) is 18.6. The summed E-state index contributed by atoms with van der Waals surface area (Å²) in [6.45, 7) is 6.77. The number of rotatable bonds is 4. The average Bonchev–Trinajstić information content (AvgIpc) is 3.75. The Labute approximate surface area is 234 Å². The first-order valence-electron chi connectivity index (χ1n) is 13.8. The van der Waals surface area contributed by atoms with Crippen molar-refractivity contribution in [1.82, 2.24) is 20.3 Å². The Kier molecular flexibility index (Phi) is 8.53. The van der Waals surface area contributed by atoms with Crippen molar-refractivity contribution >= 4 is 33.8 Å². The fourth-order valence-corrected chi connectivity index (χ4v) is 6.46. The zero-order valence-electron chi connectivity index (χ0n) is 23.3. The molecular weight excluding hydrogens is 544 g/mol. The zero-order chi connectivity index (χ0) is 29.5. The number of hydrogen-bond acceptors (Lipinski definition) is 9. The third kappa shape index (κ3) is 6.95. The largest absolute Gasteiger partial charge is 0.444 e. The van der Waals surface area contributed by atoms with E-state index in [-0.39, 0.29) is 26.0 Å². The molecule has 4 rings (SSSR count). The fourth-order valence-electron chi connectivity index (χ4n) is 5.09. The van der Waals surface area contributed by atoms with Crippen molar-refractivity contribution in [2.75, 3.05) is 13.2 Å². The first kappa shape index (κ1) is 30.3. The van der Waals surface area contributed by atoms with E-state index < -0.39 is 80.4 Å². The molecule has 40 heavy (non-hydrogen) atoms. The van der Waals surface area contributed by atoms with Gasteiger partial charge < -0.3 is 30.1 Å². The van der Waals surface area contributed by atoms with E-state index in [1.807, 2.05) is 6.08 Å². The van der Waals surface area contributed by atoms with Gasteiger partial charge in [-0.25, -0.2) is 13.2 Å². The number of carbonyl (C=O) groups is 4. The Hall–Kier alpha value is -2.71. The van der Waals surface area contributed by atoms with Gasteiger partial charge >= 0.3 is 6.09 Å². The molecule has 1 unspecified atom stereocenters. The summed E-state index contributed by atoms with van der Waals surface area (Å²) in [6.07, 6.45) is 3.20. The summed E-state index contributed by atoms with van der Waals surface area (Å²) in [6, 6.07) is -2.37. The van der Waals surface area contributed by atoms with Crippen LogP contribution < -0.4 is 15.4 Å². The number of nitrogens with one attached hydrogen (secondary N) is 3. The Morgan fingerprint density at radius 1 is 1.25 bits per heavy atom. The molecule has 0 bridgehead atoms. The molecule has 14 heteroatoms. The minimum Gasteiger partial charge on any atom is -0.444 e. The fraction of sp³-hybridized carbons (Fsp3) is 0.769. The first-order valence-corrected chi connectivity index (χ1v) is 15.3. The number of aliphatic hydroxyl groups excluding tert-OH is 1. The van der Waals surface area contributed by atoms with Gasteiger partial charge in [0.1, 0.15) is 23.2 Å². The zero-order valence-corrected chi connectivity index (χ0v) is 24.2. The van der Waals surface area contributed by atoms with E-state index in [1.54, 1.807) is 33.8 Å². The SMILES string of the molecule is C[C@H]1OCCC/C=C\[C@@H]2C[C@@]2(C(=O)NS(=O)(=O)C2CC2)NC(=O)[C@@H]2C[C@@H](O)CN2C(=O)C1NC(=O)OC(C)(C)C. The lowest BCUT2D eigenvalue weighted by Crippen LogP contribution is -2.60. The molecule has 0 radical (unpaired) electrons. The third-order valence-electron chi connectivity index (χ3n) is 7.50. The van der Waals surface area contributed by atoms with Crippen molar-refractivity contribution in [3.8, 4) is 0 Å². The molecule has 0 aromatic heterocycles. The number of hydrogen-bond donors (Lipinski definition) is 4. The smallest absolute Gasteiger partial charge is 0.408 e. The van der Waals surface area contributed by atoms with E-state index in [2.05, 4.69) is 15.4 Å². The van der Waals surface area contributed by atoms with Crippen LogP contribution in [0.25, 0.3) is 0 Å². The number of sulfonamides is 1. The van der Waals surface area contributed by atoms with Gasteiger partial charge in [-0.2, -0.15) is 0 Å². The summed E-state index contributed by atoms with van der Waals surface area (Å²) in [5, 5.41) is 15.1. The van der Waals surface area contributed by atoms with Crippen molar-refractivity contribution < 1.29 is 42.2 Å². The van der Waals surface area contributed by atoms with Crippen molar-refractivity contribution in [1.29, 1.82) is 0 Å². The number of ether oxygens (including phenoxy) is 2. The summed E-state index contributed by atoms with van der Waals surface area (Å²) in [5.41, 5.74) is -2.31. The second-order valence-electron chi connectivity index (χ2n) is 12.1. The standard InChI is InChI=1S/C26H40N4O9S/c1-15-20(27-24(35)39-25(2,3)4)22(33)30-14-17(31)12-19(30)21(32)28-26(13-16(26)8-6-5-7-11-38-15)23(34)29-40(36,37)18-9-10-18/h6,8,15-20,31H,5,7,9-14H2,1-4H3,(H,27,35)(H,28,32)(H,29,34)/b8-6-/t15-,16-,17-,19+,20?,26-/m1/s1. The molecule has 2 heterocycles. The third-order valence-corrected chi connectivity index (χ3v) is 9.32. The van der Waals surface area contributed by atoms with E-state index in [4.69, 9.17) is 9.47 Å². The molecule has 224 valence electrons. The van der Waals surface area contributed by atoms with Crippen LogP contribution in [0.5, 0.6) is 0 Å². The van der Waals surface area contributed by atoms with Crippen LogP contribution in [-0.2, 0) is 33.9 Å². The number of aliphatic hydroxyl groups is 1. The predicted molar refractivity (Wildman–Crippen MR) is 142 cm³/mol. The summed E-state index contributed by atoms with van der Waals surface area (Å²) in [7, 11) is -3.85. The van der Waals surface area contributed by atoms with Gasteiger partial charge in [-0.3, -0.25) is 19.1 Å². The van der Waals surface area contributed by atoms with Crippen molar-refractivity contribution in [3.63, 3.8) is 0 Å². The maximum absolute atomic E-state index is 13.8. The molecule has 4 amide bonds. The van der Waals surface area contributed by atoms with Gasteiger partial charge in [0.05, 0.1) is 17.5 Å². The Bertz CT molecular complexity index is 1160. The van der Waals surface area contributed by atoms with Gasteiger partial charge in [-0.05, 0) is 59.8 Å². The van der Waals surface area contributed by atoms with Crippen LogP contribution in [0.3, 0.4) is 0 Å². The average molecular weight is 585 g/mol. The molecule has 0 spiro atoms. The second kappa shape index (κ2) is 11.3. The molecular formula is C26H40N4O9S. The van der Waals surface area contributed by atoms with E-state index in [9.17, 15) is 32.7 Å². The summed E-state index contributed by atoms with van der Waals surface area (Å²) in [5.74, 6) is -2.60. The number of amides is 4. The molecule has 13 nitrogen and oxygen atoms in total. The molecule has 0 aromatic rings. The van der Waals surface area contributed by atoms with Crippen molar-refractivity contribution in [3.05, 3.63) is 12.2 Å². The van der Waals surface area contributed by atoms with Gasteiger partial charge in [0.25, 0.3) is 5.91 Å². The number of nitrogens with zero attached hydrogens (tertiary/aromatic N) is 1. The molecule has 1 saturated heterocycles. The molecule has 3 fully saturated rings. The molecule has 0 aromatic carbocycles. The van der Waals surface area contributed by atoms with Crippen molar-refractivity contribution in [2.24, 2.45) is 5.92 Å². The normalized spacial score (nSPS) is 34.3. The van der Waals surface area contributed by atoms with E-state index in [0.717, 1.165) is 0 Å². The molecule has 2 aliphatic carbocycles. The molecule has 2 saturated carbocycles. The maximum atomic E-state index is 13.8. The minimum atomic E-state index is -3.85. The number of allylic oxidation sites excluding steroid dienone is 1. The van der Waals surface area contributed by atoms with Crippen molar-refractivity contribution in [2.45, 2.75) is 107 Å². The van der Waals surface area contributed by atoms with E-state index in [0.29, 0.717) is 25.7 Å². The highest BCUT2D eigenvalue weighted by Gasteiger charge is 2.62. The molecule has 4 aliphatic rings. The molecule has 2 aliphatic heterocycles. The Balaban J connectivity index is 1.60. The highest BCUT2D eigenvalue weighted by Crippen LogP contribution is 2.46. The van der Waals surface area contributed by atoms with Crippen LogP contribution in [0.2, 0.25) is 0 Å². The Morgan fingerprint density at radius 3 is 2.60 bits per heavy atom. The monoisotopic (exact) mass is 584 g/mol. The van der Waals surface area contributed by atoms with Gasteiger partial charge in [0, 0.05) is 25.5 Å². The van der Waals surface area contributed by atoms with Crippen LogP contribution in [0.1, 0.15) is 66.2 Å². The van der Waals surface area contributed by atoms with Crippen LogP contribution in [0.4, 0.5) is 4.79 Å². The summed E-state index contributed by atoms with van der Waals surface area (Å²) < 4.78 is 38.3.